The van der Waals surface area contributed by atoms with Gasteiger partial charge in [-0.2, -0.15) is 0 Å². The second kappa shape index (κ2) is 13.7. The van der Waals surface area contributed by atoms with E-state index in [9.17, 15) is 0 Å². The standard InChI is InChI=1S/C17H35N.HI/c1-3-4-5-6-7-8-9-10-11-12-16(2)17-13-14-18-15-17;/h16-18H,3-15H2,1-2H3;1H. The summed E-state index contributed by atoms with van der Waals surface area (Å²) in [5.74, 6) is 1.92. The van der Waals surface area contributed by atoms with Gasteiger partial charge < -0.3 is 5.32 Å². The fourth-order valence-electron chi connectivity index (χ4n) is 3.18. The van der Waals surface area contributed by atoms with Crippen LogP contribution in [0.3, 0.4) is 0 Å². The lowest BCUT2D eigenvalue weighted by atomic mass is 9.88. The lowest BCUT2D eigenvalue weighted by molar-refractivity contribution is 0.349. The van der Waals surface area contributed by atoms with Crippen molar-refractivity contribution in [1.29, 1.82) is 0 Å². The van der Waals surface area contributed by atoms with Crippen molar-refractivity contribution in [1.82, 2.24) is 5.32 Å². The molecule has 1 heterocycles. The Hall–Kier alpha value is 0.690. The first kappa shape index (κ1) is 19.7. The summed E-state index contributed by atoms with van der Waals surface area (Å²) in [5.41, 5.74) is 0. The topological polar surface area (TPSA) is 12.0 Å². The molecular formula is C17H36IN. The van der Waals surface area contributed by atoms with Crippen LogP contribution in [0.1, 0.15) is 84.5 Å². The summed E-state index contributed by atoms with van der Waals surface area (Å²) in [7, 11) is 0. The molecule has 1 nitrogen and oxygen atoms in total. The average molecular weight is 381 g/mol. The predicted molar refractivity (Wildman–Crippen MR) is 97.4 cm³/mol. The second-order valence-corrected chi connectivity index (χ2v) is 6.35. The van der Waals surface area contributed by atoms with Crippen LogP contribution in [0, 0.1) is 11.8 Å². The van der Waals surface area contributed by atoms with Crippen LogP contribution < -0.4 is 5.32 Å². The van der Waals surface area contributed by atoms with Crippen molar-refractivity contribution in [2.75, 3.05) is 13.1 Å². The minimum absolute atomic E-state index is 0. The first-order valence-corrected chi connectivity index (χ1v) is 8.55. The van der Waals surface area contributed by atoms with Gasteiger partial charge in [-0.25, -0.2) is 0 Å². The molecule has 116 valence electrons. The fraction of sp³-hybridized carbons (Fsp3) is 1.00. The molecule has 0 saturated carbocycles. The molecular weight excluding hydrogens is 345 g/mol. The van der Waals surface area contributed by atoms with Crippen LogP contribution in [0.4, 0.5) is 0 Å². The highest BCUT2D eigenvalue weighted by molar-refractivity contribution is 14.0. The van der Waals surface area contributed by atoms with Gasteiger partial charge in [0.25, 0.3) is 0 Å². The van der Waals surface area contributed by atoms with Crippen LogP contribution in [-0.2, 0) is 0 Å². The van der Waals surface area contributed by atoms with Gasteiger partial charge in [-0.15, -0.1) is 24.0 Å². The molecule has 0 aromatic rings. The minimum atomic E-state index is 0. The molecule has 2 heteroatoms. The fourth-order valence-corrected chi connectivity index (χ4v) is 3.18. The van der Waals surface area contributed by atoms with E-state index in [1.807, 2.05) is 0 Å². The highest BCUT2D eigenvalue weighted by Crippen LogP contribution is 2.24. The zero-order chi connectivity index (χ0) is 13.1. The summed E-state index contributed by atoms with van der Waals surface area (Å²) in [6.07, 6.45) is 16.0. The molecule has 1 rings (SSSR count). The molecule has 0 aromatic carbocycles. The van der Waals surface area contributed by atoms with Crippen LogP contribution in [-0.4, -0.2) is 13.1 Å². The smallest absolute Gasteiger partial charge is 0.00175 e. The van der Waals surface area contributed by atoms with Crippen molar-refractivity contribution in [3.8, 4) is 0 Å². The van der Waals surface area contributed by atoms with E-state index in [0.29, 0.717) is 0 Å². The molecule has 2 atom stereocenters. The second-order valence-electron chi connectivity index (χ2n) is 6.35. The van der Waals surface area contributed by atoms with E-state index in [1.165, 1.54) is 83.7 Å². The first-order chi connectivity index (χ1) is 8.84. The Balaban J connectivity index is 0.00000324. The SMILES string of the molecule is CCCCCCCCCCCC(C)C1CCNC1.I. The van der Waals surface area contributed by atoms with Crippen LogP contribution in [0.15, 0.2) is 0 Å². The Morgan fingerprint density at radius 3 is 2.05 bits per heavy atom. The number of unbranched alkanes of at least 4 members (excludes halogenated alkanes) is 8. The molecule has 1 N–H and O–H groups in total. The van der Waals surface area contributed by atoms with Gasteiger partial charge in [-0.05, 0) is 31.3 Å². The Bertz CT molecular complexity index is 178. The minimum Gasteiger partial charge on any atom is -0.316 e. The van der Waals surface area contributed by atoms with Gasteiger partial charge in [0.05, 0.1) is 0 Å². The number of nitrogens with one attached hydrogen (secondary N) is 1. The molecule has 2 unspecified atom stereocenters. The summed E-state index contributed by atoms with van der Waals surface area (Å²) in [6, 6.07) is 0. The maximum absolute atomic E-state index is 3.49. The van der Waals surface area contributed by atoms with Crippen molar-refractivity contribution in [3.05, 3.63) is 0 Å². The van der Waals surface area contributed by atoms with E-state index in [2.05, 4.69) is 19.2 Å². The third-order valence-corrected chi connectivity index (χ3v) is 4.67. The zero-order valence-corrected chi connectivity index (χ0v) is 15.6. The van der Waals surface area contributed by atoms with E-state index in [-0.39, 0.29) is 24.0 Å². The molecule has 1 aliphatic heterocycles. The predicted octanol–water partition coefficient (Wildman–Crippen LogP) is 5.77. The Morgan fingerprint density at radius 2 is 1.53 bits per heavy atom. The summed E-state index contributed by atoms with van der Waals surface area (Å²) in [4.78, 5) is 0. The van der Waals surface area contributed by atoms with Gasteiger partial charge in [0.2, 0.25) is 0 Å². The molecule has 1 saturated heterocycles. The number of hydrogen-bond donors (Lipinski definition) is 1. The molecule has 0 radical (unpaired) electrons. The van der Waals surface area contributed by atoms with Crippen LogP contribution in [0.5, 0.6) is 0 Å². The summed E-state index contributed by atoms with van der Waals surface area (Å²) >= 11 is 0. The van der Waals surface area contributed by atoms with Gasteiger partial charge in [-0.1, -0.05) is 78.1 Å². The van der Waals surface area contributed by atoms with Crippen molar-refractivity contribution in [2.45, 2.75) is 84.5 Å². The highest BCUT2D eigenvalue weighted by atomic mass is 127. The zero-order valence-electron chi connectivity index (χ0n) is 13.3. The quantitative estimate of drug-likeness (QED) is 0.354. The lowest BCUT2D eigenvalue weighted by Crippen LogP contribution is -2.15. The van der Waals surface area contributed by atoms with Crippen LogP contribution in [0.2, 0.25) is 0 Å². The molecule has 1 fully saturated rings. The Labute approximate surface area is 138 Å². The number of rotatable bonds is 11. The monoisotopic (exact) mass is 381 g/mol. The average Bonchev–Trinajstić information content (AvgIpc) is 2.90. The van der Waals surface area contributed by atoms with E-state index >= 15 is 0 Å². The van der Waals surface area contributed by atoms with Crippen LogP contribution in [0.25, 0.3) is 0 Å². The highest BCUT2D eigenvalue weighted by Gasteiger charge is 2.20. The van der Waals surface area contributed by atoms with Gasteiger partial charge in [-0.3, -0.25) is 0 Å². The van der Waals surface area contributed by atoms with Gasteiger partial charge >= 0.3 is 0 Å². The Morgan fingerprint density at radius 1 is 0.947 bits per heavy atom. The number of halogens is 1. The van der Waals surface area contributed by atoms with Crippen molar-refractivity contribution < 1.29 is 0 Å². The van der Waals surface area contributed by atoms with Gasteiger partial charge in [0.15, 0.2) is 0 Å². The van der Waals surface area contributed by atoms with Crippen molar-refractivity contribution in [3.63, 3.8) is 0 Å². The normalized spacial score (nSPS) is 20.2. The maximum atomic E-state index is 3.49. The van der Waals surface area contributed by atoms with Crippen LogP contribution >= 0.6 is 24.0 Å². The molecule has 0 bridgehead atoms. The van der Waals surface area contributed by atoms with E-state index in [4.69, 9.17) is 0 Å². The molecule has 0 spiro atoms. The molecule has 19 heavy (non-hydrogen) atoms. The van der Waals surface area contributed by atoms with Gasteiger partial charge in [0.1, 0.15) is 0 Å². The summed E-state index contributed by atoms with van der Waals surface area (Å²) in [6.45, 7) is 7.29. The van der Waals surface area contributed by atoms with E-state index < -0.39 is 0 Å². The van der Waals surface area contributed by atoms with E-state index in [1.54, 1.807) is 0 Å². The molecule has 0 amide bonds. The maximum Gasteiger partial charge on any atom is -0.00175 e. The third kappa shape index (κ3) is 10.1. The van der Waals surface area contributed by atoms with E-state index in [0.717, 1.165) is 11.8 Å². The Kier molecular flexibility index (Phi) is 14.2. The lowest BCUT2D eigenvalue weighted by Gasteiger charge is -2.17. The summed E-state index contributed by atoms with van der Waals surface area (Å²) in [5, 5.41) is 3.49. The van der Waals surface area contributed by atoms with Crippen molar-refractivity contribution >= 4 is 24.0 Å². The molecule has 0 aromatic heterocycles. The van der Waals surface area contributed by atoms with Gasteiger partial charge in [0, 0.05) is 0 Å². The molecule has 0 aliphatic carbocycles. The van der Waals surface area contributed by atoms with Crippen molar-refractivity contribution in [2.24, 2.45) is 11.8 Å². The largest absolute Gasteiger partial charge is 0.316 e. The first-order valence-electron chi connectivity index (χ1n) is 8.55. The third-order valence-electron chi connectivity index (χ3n) is 4.67. The summed E-state index contributed by atoms with van der Waals surface area (Å²) < 4.78 is 0. The molecule has 1 aliphatic rings. The number of hydrogen-bond acceptors (Lipinski definition) is 1.